The van der Waals surface area contributed by atoms with Crippen molar-refractivity contribution in [3.8, 4) is 0 Å². The number of hydrogen-bond donors (Lipinski definition) is 3. The maximum absolute atomic E-state index is 11.0. The van der Waals surface area contributed by atoms with Gasteiger partial charge in [0.1, 0.15) is 0 Å². The van der Waals surface area contributed by atoms with Crippen LogP contribution in [0.15, 0.2) is 42.5 Å². The average molecular weight is 286 g/mol. The molecule has 2 aromatic carbocycles. The van der Waals surface area contributed by atoms with Gasteiger partial charge in [0.05, 0.1) is 10.6 Å². The Hall–Kier alpha value is -2.60. The number of benzene rings is 2. The fourth-order valence-electron chi connectivity index (χ4n) is 2.16. The van der Waals surface area contributed by atoms with Gasteiger partial charge in [0.25, 0.3) is 5.69 Å². The third-order valence-electron chi connectivity index (χ3n) is 3.11. The molecular weight excluding hydrogens is 268 g/mol. The maximum atomic E-state index is 11.0. The maximum Gasteiger partial charge on any atom is 0.273 e. The first-order valence-corrected chi connectivity index (χ1v) is 6.75. The molecule has 2 aromatic rings. The molecule has 0 amide bonds. The standard InChI is InChI=1S/C15H18N4O2/c1-2-5-11-6-3-4-7-15(11)17-12-8-13(18-16)10-14(9-12)19(20)21/h3-4,6-10,17-18H,2,5,16H2,1H3. The van der Waals surface area contributed by atoms with Crippen LogP contribution in [0.25, 0.3) is 0 Å². The molecule has 6 heteroatoms. The molecule has 110 valence electrons. The molecule has 6 nitrogen and oxygen atoms in total. The van der Waals surface area contributed by atoms with Crippen molar-refractivity contribution in [3.05, 3.63) is 58.1 Å². The third kappa shape index (κ3) is 3.70. The predicted molar refractivity (Wildman–Crippen MR) is 84.6 cm³/mol. The van der Waals surface area contributed by atoms with Gasteiger partial charge >= 0.3 is 0 Å². The van der Waals surface area contributed by atoms with Crippen LogP contribution in [0, 0.1) is 10.1 Å². The normalized spacial score (nSPS) is 10.2. The van der Waals surface area contributed by atoms with E-state index in [2.05, 4.69) is 17.7 Å². The van der Waals surface area contributed by atoms with E-state index in [9.17, 15) is 10.1 Å². The van der Waals surface area contributed by atoms with Gasteiger partial charge in [0.2, 0.25) is 0 Å². The smallest absolute Gasteiger partial charge is 0.273 e. The molecule has 0 aliphatic carbocycles. The number of nitrogen functional groups attached to an aromatic ring is 1. The van der Waals surface area contributed by atoms with Crippen LogP contribution in [0.4, 0.5) is 22.7 Å². The van der Waals surface area contributed by atoms with Crippen LogP contribution in [0.2, 0.25) is 0 Å². The van der Waals surface area contributed by atoms with Crippen LogP contribution in [-0.4, -0.2) is 4.92 Å². The monoisotopic (exact) mass is 286 g/mol. The van der Waals surface area contributed by atoms with Gasteiger partial charge in [-0.25, -0.2) is 0 Å². The predicted octanol–water partition coefficient (Wildman–Crippen LogP) is 3.58. The first kappa shape index (κ1) is 14.8. The number of anilines is 3. The number of nitrogens with one attached hydrogen (secondary N) is 2. The highest BCUT2D eigenvalue weighted by Gasteiger charge is 2.10. The Balaban J connectivity index is 2.35. The number of hydrogen-bond acceptors (Lipinski definition) is 5. The highest BCUT2D eigenvalue weighted by Crippen LogP contribution is 2.28. The zero-order valence-corrected chi connectivity index (χ0v) is 11.8. The molecule has 0 aliphatic heterocycles. The van der Waals surface area contributed by atoms with E-state index in [0.717, 1.165) is 18.5 Å². The molecule has 0 heterocycles. The van der Waals surface area contributed by atoms with Crippen LogP contribution < -0.4 is 16.6 Å². The van der Waals surface area contributed by atoms with E-state index >= 15 is 0 Å². The van der Waals surface area contributed by atoms with E-state index in [4.69, 9.17) is 5.84 Å². The number of aryl methyl sites for hydroxylation is 1. The fraction of sp³-hybridized carbons (Fsp3) is 0.200. The van der Waals surface area contributed by atoms with E-state index < -0.39 is 4.92 Å². The zero-order valence-electron chi connectivity index (χ0n) is 11.8. The Kier molecular flexibility index (Phi) is 4.73. The molecule has 0 saturated heterocycles. The number of rotatable bonds is 6. The summed E-state index contributed by atoms with van der Waals surface area (Å²) in [4.78, 5) is 10.5. The number of nitro groups is 1. The van der Waals surface area contributed by atoms with Gasteiger partial charge in [-0.05, 0) is 24.1 Å². The molecule has 0 unspecified atom stereocenters. The number of non-ortho nitro benzene ring substituents is 1. The zero-order chi connectivity index (χ0) is 15.2. The van der Waals surface area contributed by atoms with Crippen molar-refractivity contribution >= 4 is 22.7 Å². The van der Waals surface area contributed by atoms with Crippen molar-refractivity contribution in [3.63, 3.8) is 0 Å². The van der Waals surface area contributed by atoms with Gasteiger partial charge in [-0.2, -0.15) is 0 Å². The van der Waals surface area contributed by atoms with Crippen molar-refractivity contribution in [2.45, 2.75) is 19.8 Å². The summed E-state index contributed by atoms with van der Waals surface area (Å²) in [7, 11) is 0. The third-order valence-corrected chi connectivity index (χ3v) is 3.11. The summed E-state index contributed by atoms with van der Waals surface area (Å²) in [5.74, 6) is 5.36. The Morgan fingerprint density at radius 1 is 1.19 bits per heavy atom. The van der Waals surface area contributed by atoms with Gasteiger partial charge in [0, 0.05) is 23.5 Å². The highest BCUT2D eigenvalue weighted by molar-refractivity contribution is 5.70. The fourth-order valence-corrected chi connectivity index (χ4v) is 2.16. The second-order valence-electron chi connectivity index (χ2n) is 4.70. The van der Waals surface area contributed by atoms with E-state index in [1.54, 1.807) is 6.07 Å². The van der Waals surface area contributed by atoms with Gasteiger partial charge in [-0.3, -0.25) is 16.0 Å². The van der Waals surface area contributed by atoms with Gasteiger partial charge in [-0.1, -0.05) is 31.5 Å². The van der Waals surface area contributed by atoms with Crippen LogP contribution in [0.1, 0.15) is 18.9 Å². The van der Waals surface area contributed by atoms with Crippen molar-refractivity contribution in [1.82, 2.24) is 0 Å². The lowest BCUT2D eigenvalue weighted by Crippen LogP contribution is -2.07. The largest absolute Gasteiger partial charge is 0.355 e. The SMILES string of the molecule is CCCc1ccccc1Nc1cc(NN)cc([N+](=O)[O-])c1. The minimum absolute atomic E-state index is 0.0130. The molecule has 0 saturated carbocycles. The number of nitrogens with two attached hydrogens (primary N) is 1. The van der Waals surface area contributed by atoms with Crippen molar-refractivity contribution < 1.29 is 4.92 Å². The van der Waals surface area contributed by atoms with Crippen LogP contribution in [0.5, 0.6) is 0 Å². The lowest BCUT2D eigenvalue weighted by Gasteiger charge is -2.12. The molecule has 0 radical (unpaired) electrons. The van der Waals surface area contributed by atoms with E-state index in [-0.39, 0.29) is 5.69 Å². The summed E-state index contributed by atoms with van der Waals surface area (Å²) in [6.45, 7) is 2.11. The minimum atomic E-state index is -0.441. The quantitative estimate of drug-likeness (QED) is 0.429. The molecule has 0 fully saturated rings. The molecule has 4 N–H and O–H groups in total. The van der Waals surface area contributed by atoms with Crippen LogP contribution in [-0.2, 0) is 6.42 Å². The number of hydrazine groups is 1. The van der Waals surface area contributed by atoms with Gasteiger partial charge in [0.15, 0.2) is 0 Å². The second kappa shape index (κ2) is 6.71. The van der Waals surface area contributed by atoms with Crippen molar-refractivity contribution in [2.75, 3.05) is 10.7 Å². The second-order valence-corrected chi connectivity index (χ2v) is 4.70. The Morgan fingerprint density at radius 3 is 2.57 bits per heavy atom. The summed E-state index contributed by atoms with van der Waals surface area (Å²) in [5, 5.41) is 14.2. The Bertz CT molecular complexity index is 643. The Labute approximate surface area is 123 Å². The van der Waals surface area contributed by atoms with Gasteiger partial charge < -0.3 is 10.7 Å². The Morgan fingerprint density at radius 2 is 1.90 bits per heavy atom. The molecule has 0 aliphatic rings. The number of nitrogens with zero attached hydrogens (tertiary/aromatic N) is 1. The average Bonchev–Trinajstić information content (AvgIpc) is 2.49. The van der Waals surface area contributed by atoms with E-state index in [1.807, 2.05) is 24.3 Å². The van der Waals surface area contributed by atoms with Crippen LogP contribution in [0.3, 0.4) is 0 Å². The first-order valence-electron chi connectivity index (χ1n) is 6.75. The number of nitro benzene ring substituents is 1. The topological polar surface area (TPSA) is 93.2 Å². The summed E-state index contributed by atoms with van der Waals surface area (Å²) < 4.78 is 0. The first-order chi connectivity index (χ1) is 10.1. The highest BCUT2D eigenvalue weighted by atomic mass is 16.6. The summed E-state index contributed by atoms with van der Waals surface area (Å²) in [5.41, 5.74) is 5.66. The molecule has 21 heavy (non-hydrogen) atoms. The van der Waals surface area contributed by atoms with E-state index in [0.29, 0.717) is 11.4 Å². The molecule has 2 rings (SSSR count). The molecular formula is C15H18N4O2. The lowest BCUT2D eigenvalue weighted by molar-refractivity contribution is -0.384. The van der Waals surface area contributed by atoms with Crippen LogP contribution >= 0.6 is 0 Å². The molecule has 0 spiro atoms. The molecule has 0 atom stereocenters. The van der Waals surface area contributed by atoms with Crippen molar-refractivity contribution in [2.24, 2.45) is 5.84 Å². The molecule has 0 aromatic heterocycles. The summed E-state index contributed by atoms with van der Waals surface area (Å²) in [6.07, 6.45) is 1.98. The number of para-hydroxylation sites is 1. The lowest BCUT2D eigenvalue weighted by atomic mass is 10.1. The van der Waals surface area contributed by atoms with E-state index in [1.165, 1.54) is 17.7 Å². The van der Waals surface area contributed by atoms with Gasteiger partial charge in [-0.15, -0.1) is 0 Å². The minimum Gasteiger partial charge on any atom is -0.355 e. The van der Waals surface area contributed by atoms with Crippen molar-refractivity contribution in [1.29, 1.82) is 0 Å². The molecule has 0 bridgehead atoms. The summed E-state index contributed by atoms with van der Waals surface area (Å²) >= 11 is 0. The summed E-state index contributed by atoms with van der Waals surface area (Å²) in [6, 6.07) is 12.5.